The second-order valence-electron chi connectivity index (χ2n) is 16.9. The summed E-state index contributed by atoms with van der Waals surface area (Å²) in [7, 11) is 3.24. The summed E-state index contributed by atoms with van der Waals surface area (Å²) in [6.45, 7) is 6.44. The standard InChI is InChI=1S/C42H62N4O14S2/c1-4-26-27-9-8-24-16-46(17-28(36(51)52)33(24)45-40(43)44-14-7-15-47)25(18-48)21-61-62-22-30-31(10-13-41(30)11-5-6-12-41)58-37(53)29(27)20-56-38(26)60-39-35(57-23(2)3)42(54,55)34(50)32(19-49)59-39/h4,8-9,17,20,23,25-27,30-32,34-35,38-39,47-50,54-55H,1,5-7,10-16,18-19,21-22H2,2-3H3,(H,51,52)(H3,43,44,45)/b9-8+/t25-,26-,27+,30-,31-,32-,34-,35+,38+,39+/m1/s1. The Bertz CT molecular complexity index is 1770. The van der Waals surface area contributed by atoms with E-state index >= 15 is 0 Å². The topological polar surface area (TPSA) is 276 Å². The normalized spacial score (nSPS) is 34.4. The number of carbonyl (C=O) groups is 2. The Morgan fingerprint density at radius 3 is 2.55 bits per heavy atom. The van der Waals surface area contributed by atoms with Gasteiger partial charge in [-0.3, -0.25) is 4.99 Å². The van der Waals surface area contributed by atoms with Crippen LogP contribution in [-0.4, -0.2) is 158 Å². The number of nitrogens with two attached hydrogens (primary N) is 1. The highest BCUT2D eigenvalue weighted by Crippen LogP contribution is 2.57. The maximum atomic E-state index is 14.5. The number of guanidine groups is 1. The van der Waals surface area contributed by atoms with Gasteiger partial charge in [0, 0.05) is 49.2 Å². The molecule has 0 unspecified atom stereocenters. The van der Waals surface area contributed by atoms with E-state index in [1.54, 1.807) is 52.5 Å². The van der Waals surface area contributed by atoms with Gasteiger partial charge >= 0.3 is 11.9 Å². The van der Waals surface area contributed by atoms with Crippen molar-refractivity contribution < 1.29 is 69.0 Å². The number of rotatable bonds is 12. The second-order valence-corrected chi connectivity index (χ2v) is 19.5. The third-order valence-corrected chi connectivity index (χ3v) is 15.2. The fourth-order valence-electron chi connectivity index (χ4n) is 9.38. The summed E-state index contributed by atoms with van der Waals surface area (Å²) < 4.78 is 30.5. The van der Waals surface area contributed by atoms with Gasteiger partial charge in [0.15, 0.2) is 18.4 Å². The summed E-state index contributed by atoms with van der Waals surface area (Å²) in [5.41, 5.74) is 6.77. The molecule has 3 fully saturated rings. The number of aliphatic hydroxyl groups is 6. The molecular formula is C42H62N4O14S2. The number of esters is 1. The van der Waals surface area contributed by atoms with Crippen molar-refractivity contribution in [2.75, 3.05) is 44.4 Å². The zero-order valence-electron chi connectivity index (χ0n) is 35.1. The largest absolute Gasteiger partial charge is 0.478 e. The lowest BCUT2D eigenvalue weighted by Crippen LogP contribution is -2.69. The zero-order valence-corrected chi connectivity index (χ0v) is 36.8. The molecule has 10 atom stereocenters. The van der Waals surface area contributed by atoms with Gasteiger partial charge in [0.1, 0.15) is 18.3 Å². The van der Waals surface area contributed by atoms with Crippen molar-refractivity contribution >= 4 is 39.5 Å². The van der Waals surface area contributed by atoms with E-state index in [2.05, 4.69) is 16.9 Å². The van der Waals surface area contributed by atoms with Crippen molar-refractivity contribution in [3.8, 4) is 0 Å². The van der Waals surface area contributed by atoms with Crippen LogP contribution in [0.15, 0.2) is 64.7 Å². The molecule has 6 rings (SSSR count). The molecule has 0 aromatic rings. The molecule has 0 aromatic heterocycles. The van der Waals surface area contributed by atoms with Crippen LogP contribution in [0, 0.1) is 23.2 Å². The van der Waals surface area contributed by atoms with E-state index < -0.39 is 79.2 Å². The van der Waals surface area contributed by atoms with E-state index in [0.717, 1.165) is 32.1 Å². The highest BCUT2D eigenvalue weighted by atomic mass is 33.1. The predicted octanol–water partition coefficient (Wildman–Crippen LogP) is 1.23. The highest BCUT2D eigenvalue weighted by molar-refractivity contribution is 8.76. The Balaban J connectivity index is 1.44. The Morgan fingerprint density at radius 2 is 1.89 bits per heavy atom. The van der Waals surface area contributed by atoms with Gasteiger partial charge in [-0.05, 0) is 56.9 Å². The first-order chi connectivity index (χ1) is 29.7. The molecule has 1 spiro atoms. The molecule has 0 aromatic carbocycles. The predicted molar refractivity (Wildman–Crippen MR) is 229 cm³/mol. The fraction of sp³-hybridized carbons (Fsp3) is 0.690. The van der Waals surface area contributed by atoms with E-state index in [1.165, 1.54) is 18.5 Å². The van der Waals surface area contributed by atoms with E-state index in [9.17, 15) is 45.3 Å². The molecule has 0 amide bonds. The lowest BCUT2D eigenvalue weighted by atomic mass is 9.77. The lowest BCUT2D eigenvalue weighted by molar-refractivity contribution is -0.413. The van der Waals surface area contributed by atoms with Gasteiger partial charge in [0.2, 0.25) is 12.1 Å². The van der Waals surface area contributed by atoms with Crippen LogP contribution in [0.3, 0.4) is 0 Å². The SMILES string of the molecule is C=C[C@H]1[C@H](O[C@@H]2O[C@H](CO)[C@@H](O)C(O)(O)[C@H]2OC(C)C)OC=C2C(=O)O[C@@H]3CCC4(CCCC4)[C@@H]3CSSC[C@@H](CO)N3C=C(C(=O)O)C(NC(N)=NCCCO)=C(/C=C/[C@H]21)C3. The van der Waals surface area contributed by atoms with E-state index in [4.69, 9.17) is 29.4 Å². The van der Waals surface area contributed by atoms with Gasteiger partial charge in [-0.15, -0.1) is 6.58 Å². The van der Waals surface area contributed by atoms with E-state index in [1.807, 2.05) is 0 Å². The third kappa shape index (κ3) is 10.5. The van der Waals surface area contributed by atoms with Gasteiger partial charge < -0.3 is 75.4 Å². The number of nitrogens with zero attached hydrogens (tertiary/aromatic N) is 2. The van der Waals surface area contributed by atoms with Crippen LogP contribution in [0.25, 0.3) is 0 Å². The summed E-state index contributed by atoms with van der Waals surface area (Å²) >= 11 is 0. The molecule has 62 heavy (non-hydrogen) atoms. The van der Waals surface area contributed by atoms with Crippen molar-refractivity contribution in [3.05, 3.63) is 59.7 Å². The summed E-state index contributed by atoms with van der Waals surface area (Å²) in [4.78, 5) is 33.5. The van der Waals surface area contributed by atoms with Crippen LogP contribution in [0.5, 0.6) is 0 Å². The molecule has 0 radical (unpaired) electrons. The van der Waals surface area contributed by atoms with Crippen LogP contribution in [0.1, 0.15) is 58.8 Å². The number of ether oxygens (including phenoxy) is 5. The monoisotopic (exact) mass is 910 g/mol. The van der Waals surface area contributed by atoms with Crippen molar-refractivity contribution in [2.24, 2.45) is 33.9 Å². The maximum Gasteiger partial charge on any atom is 0.339 e. The van der Waals surface area contributed by atoms with E-state index in [-0.39, 0.29) is 66.5 Å². The Hall–Kier alpha value is -3.15. The number of hydrogen-bond acceptors (Lipinski definition) is 17. The number of nitrogens with one attached hydrogen (secondary N) is 1. The average Bonchev–Trinajstić information content (AvgIpc) is 3.85. The molecule has 2 saturated carbocycles. The van der Waals surface area contributed by atoms with E-state index in [0.29, 0.717) is 29.9 Å². The molecule has 20 heteroatoms. The number of carboxylic acids is 1. The summed E-state index contributed by atoms with van der Waals surface area (Å²) in [6, 6.07) is -0.479. The number of carboxylic acid groups (broad SMARTS) is 1. The number of hydrogen-bond donors (Lipinski definition) is 9. The zero-order chi connectivity index (χ0) is 44.8. The number of aliphatic imine (C=N–C) groups is 1. The minimum absolute atomic E-state index is 0.0429. The number of aliphatic hydroxyl groups excluding tert-OH is 4. The minimum atomic E-state index is -2.93. The van der Waals surface area contributed by atoms with Crippen LogP contribution in [-0.2, 0) is 33.3 Å². The van der Waals surface area contributed by atoms with Gasteiger partial charge in [-0.25, -0.2) is 9.59 Å². The molecule has 4 aliphatic heterocycles. The first-order valence-corrected chi connectivity index (χ1v) is 23.7. The molecule has 6 aliphatic rings. The molecule has 346 valence electrons. The van der Waals surface area contributed by atoms with Crippen LogP contribution in [0.4, 0.5) is 0 Å². The molecule has 2 aliphatic carbocycles. The summed E-state index contributed by atoms with van der Waals surface area (Å²) in [5, 5.41) is 76.3. The number of fused-ring (bicyclic) bond motifs is 5. The van der Waals surface area contributed by atoms with Crippen molar-refractivity contribution in [1.29, 1.82) is 0 Å². The molecule has 1 saturated heterocycles. The highest BCUT2D eigenvalue weighted by Gasteiger charge is 2.58. The minimum Gasteiger partial charge on any atom is -0.478 e. The molecule has 2 bridgehead atoms. The molecule has 4 heterocycles. The third-order valence-electron chi connectivity index (χ3n) is 12.7. The number of carbonyl (C=O) groups excluding carboxylic acids is 1. The quantitative estimate of drug-likeness (QED) is 0.0253. The smallest absolute Gasteiger partial charge is 0.339 e. The Morgan fingerprint density at radius 1 is 1.15 bits per heavy atom. The average molecular weight is 911 g/mol. The summed E-state index contributed by atoms with van der Waals surface area (Å²) in [5.74, 6) is -5.50. The van der Waals surface area contributed by atoms with Crippen LogP contribution >= 0.6 is 21.6 Å². The Labute approximate surface area is 369 Å². The number of aliphatic carboxylic acids is 1. The van der Waals surface area contributed by atoms with Gasteiger partial charge in [-0.1, -0.05) is 52.7 Å². The second kappa shape index (κ2) is 21.2. The molecular weight excluding hydrogens is 849 g/mol. The first-order valence-electron chi connectivity index (χ1n) is 21.2. The van der Waals surface area contributed by atoms with Crippen molar-refractivity contribution in [3.63, 3.8) is 0 Å². The van der Waals surface area contributed by atoms with Crippen LogP contribution < -0.4 is 11.1 Å². The number of allylic oxidation sites excluding steroid dienone is 1. The lowest BCUT2D eigenvalue weighted by Gasteiger charge is -2.48. The fourth-order valence-corrected chi connectivity index (χ4v) is 12.2. The maximum absolute atomic E-state index is 14.5. The van der Waals surface area contributed by atoms with Crippen molar-refractivity contribution in [2.45, 2.75) is 114 Å². The van der Waals surface area contributed by atoms with Crippen molar-refractivity contribution in [1.82, 2.24) is 10.2 Å². The molecule has 10 N–H and O–H groups in total. The van der Waals surface area contributed by atoms with Gasteiger partial charge in [-0.2, -0.15) is 0 Å². The first kappa shape index (κ1) is 48.3. The van der Waals surface area contributed by atoms with Gasteiger partial charge in [0.25, 0.3) is 0 Å². The molecule has 18 nitrogen and oxygen atoms in total. The van der Waals surface area contributed by atoms with Crippen LogP contribution in [0.2, 0.25) is 0 Å². The van der Waals surface area contributed by atoms with Gasteiger partial charge in [0.05, 0.1) is 54.4 Å². The Kier molecular flexibility index (Phi) is 16.5. The summed E-state index contributed by atoms with van der Waals surface area (Å²) in [6.07, 6.45) is 4.74.